The van der Waals surface area contributed by atoms with E-state index in [2.05, 4.69) is 0 Å². The summed E-state index contributed by atoms with van der Waals surface area (Å²) in [5, 5.41) is 0. The Morgan fingerprint density at radius 1 is 0.556 bits per heavy atom. The molecule has 1 fully saturated rings. The molecule has 1 heterocycles. The van der Waals surface area contributed by atoms with E-state index < -0.39 is 70.9 Å². The fourth-order valence-electron chi connectivity index (χ4n) is 3.74. The summed E-state index contributed by atoms with van der Waals surface area (Å²) < 4.78 is 166. The summed E-state index contributed by atoms with van der Waals surface area (Å²) in [5.41, 5.74) is -8.95. The molecule has 200 valence electrons. The second-order valence-electron chi connectivity index (χ2n) is 8.18. The Hall–Kier alpha value is -2.48. The first-order valence-electron chi connectivity index (χ1n) is 10.3. The number of ether oxygens (including phenoxy) is 1. The van der Waals surface area contributed by atoms with Gasteiger partial charge in [-0.1, -0.05) is 0 Å². The molecular weight excluding hydrogens is 522 g/mol. The largest absolute Gasteiger partial charge is 0.416 e. The average molecular weight is 539 g/mol. The van der Waals surface area contributed by atoms with Gasteiger partial charge in [0.05, 0.1) is 22.3 Å². The molecule has 0 aliphatic carbocycles. The van der Waals surface area contributed by atoms with Crippen molar-refractivity contribution in [1.29, 1.82) is 0 Å². The minimum atomic E-state index is -5.29. The van der Waals surface area contributed by atoms with Gasteiger partial charge in [-0.15, -0.1) is 0 Å². The van der Waals surface area contributed by atoms with E-state index in [9.17, 15) is 52.7 Å². The van der Waals surface area contributed by atoms with Crippen molar-refractivity contribution in [3.05, 3.63) is 69.8 Å². The van der Waals surface area contributed by atoms with E-state index in [1.807, 2.05) is 0 Å². The van der Waals surface area contributed by atoms with Crippen LogP contribution in [0.2, 0.25) is 0 Å². The summed E-state index contributed by atoms with van der Waals surface area (Å²) >= 11 is 0. The molecule has 1 aliphatic rings. The first kappa shape index (κ1) is 28.1. The summed E-state index contributed by atoms with van der Waals surface area (Å²) in [7, 11) is 0. The number of likely N-dealkylation sites (tertiary alicyclic amines) is 1. The number of benzene rings is 2. The summed E-state index contributed by atoms with van der Waals surface area (Å²) in [6, 6.07) is 0.478. The van der Waals surface area contributed by atoms with Crippen LogP contribution in [0.3, 0.4) is 0 Å². The fraction of sp³-hybridized carbons (Fsp3) is 0.455. The number of hydrogen-bond acceptors (Lipinski definition) is 2. The van der Waals surface area contributed by atoms with E-state index in [0.717, 1.165) is 0 Å². The Bertz CT molecular complexity index is 923. The Morgan fingerprint density at radius 3 is 1.14 bits per heavy atom. The first-order valence-corrected chi connectivity index (χ1v) is 10.3. The van der Waals surface area contributed by atoms with Gasteiger partial charge in [-0.05, 0) is 60.4 Å². The number of alkyl halides is 12. The first-order chi connectivity index (χ1) is 16.4. The van der Waals surface area contributed by atoms with Gasteiger partial charge in [0.2, 0.25) is 0 Å². The van der Waals surface area contributed by atoms with E-state index in [-0.39, 0.29) is 36.4 Å². The molecule has 3 rings (SSSR count). The van der Waals surface area contributed by atoms with Crippen LogP contribution in [0.25, 0.3) is 0 Å². The van der Waals surface area contributed by atoms with Crippen LogP contribution in [-0.4, -0.2) is 24.7 Å². The minimum absolute atomic E-state index is 0.200. The lowest BCUT2D eigenvalue weighted by atomic mass is 9.94. The lowest BCUT2D eigenvalue weighted by Crippen LogP contribution is -2.25. The summed E-state index contributed by atoms with van der Waals surface area (Å²) in [4.78, 5) is 1.57. The highest BCUT2D eigenvalue weighted by Gasteiger charge is 2.40. The lowest BCUT2D eigenvalue weighted by Gasteiger charge is -2.26. The molecule has 0 radical (unpaired) electrons. The number of rotatable bonds is 5. The summed E-state index contributed by atoms with van der Waals surface area (Å²) in [6.07, 6.45) is -21.9. The van der Waals surface area contributed by atoms with Crippen molar-refractivity contribution in [3.63, 3.8) is 0 Å². The van der Waals surface area contributed by atoms with E-state index in [1.54, 1.807) is 4.90 Å². The summed E-state index contributed by atoms with van der Waals surface area (Å²) in [6.45, 7) is 0.388. The van der Waals surface area contributed by atoms with Crippen LogP contribution in [-0.2, 0) is 29.4 Å². The van der Waals surface area contributed by atoms with Gasteiger partial charge in [-0.3, -0.25) is 4.90 Å². The SMILES string of the molecule is FC(F)(F)c1cc(C(OCN2CCCC2)c2cc(C(F)(F)F)cc(C(F)(F)F)c2)cc(C(F)(F)F)c1. The molecule has 1 saturated heterocycles. The quantitative estimate of drug-likeness (QED) is 0.358. The number of halogens is 12. The van der Waals surface area contributed by atoms with Gasteiger partial charge in [-0.2, -0.15) is 52.7 Å². The average Bonchev–Trinajstić information content (AvgIpc) is 3.24. The standard InChI is InChI=1S/C22H17F12NO/c23-19(24,25)14-5-12(6-15(9-14)20(26,27)28)18(36-11-35-3-1-2-4-35)13-7-16(21(29,30)31)10-17(8-13)22(32,33)34/h5-10,18H,1-4,11H2. The van der Waals surface area contributed by atoms with Crippen molar-refractivity contribution in [2.24, 2.45) is 0 Å². The van der Waals surface area contributed by atoms with Gasteiger partial charge >= 0.3 is 24.7 Å². The molecule has 0 unspecified atom stereocenters. The molecule has 0 aromatic heterocycles. The molecule has 0 amide bonds. The highest BCUT2D eigenvalue weighted by molar-refractivity contribution is 5.42. The van der Waals surface area contributed by atoms with E-state index in [0.29, 0.717) is 25.9 Å². The van der Waals surface area contributed by atoms with Gasteiger partial charge in [0, 0.05) is 13.1 Å². The molecule has 2 nitrogen and oxygen atoms in total. The Balaban J connectivity index is 2.23. The molecule has 0 bridgehead atoms. The second kappa shape index (κ2) is 9.77. The molecule has 2 aromatic rings. The monoisotopic (exact) mass is 539 g/mol. The molecule has 0 saturated carbocycles. The minimum Gasteiger partial charge on any atom is -0.353 e. The normalized spacial score (nSPS) is 16.2. The molecule has 36 heavy (non-hydrogen) atoms. The van der Waals surface area contributed by atoms with E-state index in [4.69, 9.17) is 4.74 Å². The number of hydrogen-bond donors (Lipinski definition) is 0. The smallest absolute Gasteiger partial charge is 0.353 e. The third-order valence-electron chi connectivity index (χ3n) is 5.45. The van der Waals surface area contributed by atoms with Crippen LogP contribution in [0.15, 0.2) is 36.4 Å². The van der Waals surface area contributed by atoms with Crippen molar-refractivity contribution in [1.82, 2.24) is 4.90 Å². The van der Waals surface area contributed by atoms with Crippen molar-refractivity contribution in [2.45, 2.75) is 43.7 Å². The zero-order valence-corrected chi connectivity index (χ0v) is 18.0. The molecule has 0 atom stereocenters. The van der Waals surface area contributed by atoms with Crippen LogP contribution in [0.5, 0.6) is 0 Å². The van der Waals surface area contributed by atoms with Crippen LogP contribution >= 0.6 is 0 Å². The fourth-order valence-corrected chi connectivity index (χ4v) is 3.74. The third kappa shape index (κ3) is 6.84. The zero-order chi connectivity index (χ0) is 27.1. The van der Waals surface area contributed by atoms with E-state index >= 15 is 0 Å². The summed E-state index contributed by atoms with van der Waals surface area (Å²) in [5.74, 6) is 0. The van der Waals surface area contributed by atoms with Crippen LogP contribution in [0.1, 0.15) is 52.3 Å². The highest BCUT2D eigenvalue weighted by atomic mass is 19.4. The van der Waals surface area contributed by atoms with Gasteiger partial charge in [0.1, 0.15) is 12.8 Å². The van der Waals surface area contributed by atoms with Gasteiger partial charge in [0.15, 0.2) is 0 Å². The molecule has 0 spiro atoms. The number of nitrogens with zero attached hydrogens (tertiary/aromatic N) is 1. The van der Waals surface area contributed by atoms with Crippen LogP contribution in [0, 0.1) is 0 Å². The molecular formula is C22H17F12NO. The second-order valence-corrected chi connectivity index (χ2v) is 8.18. The third-order valence-corrected chi connectivity index (χ3v) is 5.45. The van der Waals surface area contributed by atoms with Gasteiger partial charge < -0.3 is 4.74 Å². The highest BCUT2D eigenvalue weighted by Crippen LogP contribution is 2.42. The van der Waals surface area contributed by atoms with Crippen molar-refractivity contribution in [2.75, 3.05) is 19.8 Å². The lowest BCUT2D eigenvalue weighted by molar-refractivity contribution is -0.144. The van der Waals surface area contributed by atoms with Gasteiger partial charge in [0.25, 0.3) is 0 Å². The molecule has 2 aromatic carbocycles. The molecule has 0 N–H and O–H groups in total. The molecule has 14 heteroatoms. The Labute approximate surface area is 196 Å². The maximum Gasteiger partial charge on any atom is 0.416 e. The topological polar surface area (TPSA) is 12.5 Å². The Kier molecular flexibility index (Phi) is 7.62. The van der Waals surface area contributed by atoms with Crippen molar-refractivity contribution in [3.8, 4) is 0 Å². The maximum absolute atomic E-state index is 13.4. The van der Waals surface area contributed by atoms with Crippen molar-refractivity contribution < 1.29 is 57.4 Å². The maximum atomic E-state index is 13.4. The Morgan fingerprint density at radius 2 is 0.861 bits per heavy atom. The van der Waals surface area contributed by atoms with E-state index in [1.165, 1.54) is 0 Å². The van der Waals surface area contributed by atoms with Crippen molar-refractivity contribution >= 4 is 0 Å². The predicted octanol–water partition coefficient (Wildman–Crippen LogP) is 7.92. The molecule has 1 aliphatic heterocycles. The predicted molar refractivity (Wildman–Crippen MR) is 101 cm³/mol. The van der Waals surface area contributed by atoms with Crippen LogP contribution in [0.4, 0.5) is 52.7 Å². The van der Waals surface area contributed by atoms with Gasteiger partial charge in [-0.25, -0.2) is 0 Å². The zero-order valence-electron chi connectivity index (χ0n) is 18.0. The van der Waals surface area contributed by atoms with Crippen LogP contribution < -0.4 is 0 Å².